The van der Waals surface area contributed by atoms with Crippen LogP contribution in [0.1, 0.15) is 67.7 Å². The van der Waals surface area contributed by atoms with Gasteiger partial charge < -0.3 is 52.6 Å². The largest absolute Gasteiger partial charge is 0.624 e. The highest BCUT2D eigenvalue weighted by atomic mass is 16.6. The Balaban J connectivity index is 3.52. The molecule has 0 aliphatic rings. The average molecular weight is 654 g/mol. The summed E-state index contributed by atoms with van der Waals surface area (Å²) < 4.78 is 56.3. The van der Waals surface area contributed by atoms with E-state index < -0.39 is 5.60 Å². The van der Waals surface area contributed by atoms with Gasteiger partial charge in [-0.2, -0.15) is 0 Å². The van der Waals surface area contributed by atoms with Gasteiger partial charge in [0.1, 0.15) is 19.3 Å². The number of ether oxygens (including phenoxy) is 10. The smallest absolute Gasteiger partial charge is 0.308 e. The van der Waals surface area contributed by atoms with E-state index in [0.717, 1.165) is 17.6 Å². The third-order valence-electron chi connectivity index (χ3n) is 5.95. The molecule has 0 atom stereocenters. The van der Waals surface area contributed by atoms with E-state index in [9.17, 15) is 10.0 Å². The van der Waals surface area contributed by atoms with Crippen LogP contribution >= 0.6 is 0 Å². The van der Waals surface area contributed by atoms with Crippen molar-refractivity contribution >= 4 is 12.2 Å². The highest BCUT2D eigenvalue weighted by Gasteiger charge is 2.21. The van der Waals surface area contributed by atoms with E-state index in [0.29, 0.717) is 99.1 Å². The summed E-state index contributed by atoms with van der Waals surface area (Å²) in [5.74, 6) is -0.265. The van der Waals surface area contributed by atoms with E-state index >= 15 is 0 Å². The van der Waals surface area contributed by atoms with Gasteiger partial charge in [0.05, 0.1) is 104 Å². The first-order valence-corrected chi connectivity index (χ1v) is 16.0. The summed E-state index contributed by atoms with van der Waals surface area (Å²) in [7, 11) is 1.42. The molecular weight excluding hydrogens is 590 g/mol. The van der Waals surface area contributed by atoms with E-state index in [1.165, 1.54) is 13.3 Å². The third-order valence-corrected chi connectivity index (χ3v) is 5.95. The summed E-state index contributed by atoms with van der Waals surface area (Å²) in [5, 5.41) is 10.7. The zero-order chi connectivity index (χ0) is 33.9. The van der Waals surface area contributed by atoms with Gasteiger partial charge in [0.2, 0.25) is 0 Å². The summed E-state index contributed by atoms with van der Waals surface area (Å²) in [5.41, 5.74) is -1.12. The van der Waals surface area contributed by atoms with Crippen LogP contribution in [0.5, 0.6) is 0 Å². The van der Waals surface area contributed by atoms with Crippen LogP contribution < -0.4 is 0 Å². The molecule has 0 aromatic carbocycles. The zero-order valence-corrected chi connectivity index (χ0v) is 29.4. The molecule has 0 aromatic rings. The lowest BCUT2D eigenvalue weighted by atomic mass is 10.1. The minimum Gasteiger partial charge on any atom is -0.624 e. The van der Waals surface area contributed by atoms with E-state index in [1.54, 1.807) is 0 Å². The van der Waals surface area contributed by atoms with Crippen molar-refractivity contribution < 1.29 is 56.9 Å². The predicted octanol–water partition coefficient (Wildman–Crippen LogP) is 3.42. The average Bonchev–Trinajstić information content (AvgIpc) is 2.93. The predicted molar refractivity (Wildman–Crippen MR) is 171 cm³/mol. The first-order chi connectivity index (χ1) is 21.2. The quantitative estimate of drug-likeness (QED) is 0.0271. The number of hydroxylamine groups is 1. The first-order valence-electron chi connectivity index (χ1n) is 16.0. The molecule has 0 aliphatic heterocycles. The molecule has 0 amide bonds. The molecule has 0 bridgehead atoms. The number of esters is 1. The normalized spacial score (nSPS) is 13.0. The van der Waals surface area contributed by atoms with Crippen LogP contribution in [0.2, 0.25) is 0 Å². The number of hydrogen-bond acceptors (Lipinski definition) is 12. The second-order valence-corrected chi connectivity index (χ2v) is 12.5. The molecule has 0 heterocycles. The fraction of sp³-hybridized carbons (Fsp3) is 0.938. The second-order valence-electron chi connectivity index (χ2n) is 12.5. The molecule has 0 fully saturated rings. The van der Waals surface area contributed by atoms with Crippen molar-refractivity contribution in [1.29, 1.82) is 0 Å². The molecule has 268 valence electrons. The third kappa shape index (κ3) is 33.8. The summed E-state index contributed by atoms with van der Waals surface area (Å²) >= 11 is 0. The maximum Gasteiger partial charge on any atom is 0.308 e. The summed E-state index contributed by atoms with van der Waals surface area (Å²) in [6.07, 6.45) is 3.16. The van der Waals surface area contributed by atoms with Crippen molar-refractivity contribution in [2.75, 3.05) is 113 Å². The molecule has 0 aliphatic carbocycles. The van der Waals surface area contributed by atoms with Crippen molar-refractivity contribution in [3.05, 3.63) is 5.21 Å². The molecule has 0 aromatic heterocycles. The Morgan fingerprint density at radius 2 is 0.911 bits per heavy atom. The van der Waals surface area contributed by atoms with Gasteiger partial charge in [0.25, 0.3) is 0 Å². The SMILES string of the molecule is C/[N+]([O-])=C\COCCOCCC(C)(C)OCCOC(C)(C)CCOCCOCCOCCOCCOCCC(=O)OC(C)(C)C. The molecule has 0 radical (unpaired) electrons. The highest BCUT2D eigenvalue weighted by molar-refractivity contribution is 5.69. The van der Waals surface area contributed by atoms with Crippen molar-refractivity contribution in [2.45, 2.75) is 84.5 Å². The molecule has 45 heavy (non-hydrogen) atoms. The van der Waals surface area contributed by atoms with Crippen molar-refractivity contribution in [2.24, 2.45) is 0 Å². The van der Waals surface area contributed by atoms with Crippen LogP contribution in [-0.2, 0) is 52.2 Å². The van der Waals surface area contributed by atoms with Gasteiger partial charge in [-0.05, 0) is 61.3 Å². The molecule has 0 rings (SSSR count). The zero-order valence-electron chi connectivity index (χ0n) is 29.4. The van der Waals surface area contributed by atoms with E-state index in [1.807, 2.05) is 48.5 Å². The Kier molecular flexibility index (Phi) is 25.8. The van der Waals surface area contributed by atoms with Crippen LogP contribution in [0.3, 0.4) is 0 Å². The van der Waals surface area contributed by atoms with Crippen LogP contribution in [0.4, 0.5) is 0 Å². The van der Waals surface area contributed by atoms with Crippen LogP contribution in [0.25, 0.3) is 0 Å². The highest BCUT2D eigenvalue weighted by Crippen LogP contribution is 2.17. The van der Waals surface area contributed by atoms with Crippen LogP contribution in [-0.4, -0.2) is 146 Å². The van der Waals surface area contributed by atoms with Gasteiger partial charge in [-0.15, -0.1) is 0 Å². The Morgan fingerprint density at radius 3 is 1.29 bits per heavy atom. The lowest BCUT2D eigenvalue weighted by molar-refractivity contribution is -0.419. The van der Waals surface area contributed by atoms with Crippen molar-refractivity contribution in [3.8, 4) is 0 Å². The van der Waals surface area contributed by atoms with Gasteiger partial charge in [-0.1, -0.05) is 0 Å². The fourth-order valence-corrected chi connectivity index (χ4v) is 3.41. The van der Waals surface area contributed by atoms with Gasteiger partial charge in [0.15, 0.2) is 6.21 Å². The maximum absolute atomic E-state index is 11.6. The number of carbonyl (C=O) groups is 1. The Hall–Kier alpha value is -1.42. The molecule has 13 nitrogen and oxygen atoms in total. The van der Waals surface area contributed by atoms with E-state index in [-0.39, 0.29) is 30.2 Å². The number of nitrogens with zero attached hydrogens (tertiary/aromatic N) is 1. The molecule has 0 saturated carbocycles. The van der Waals surface area contributed by atoms with E-state index in [4.69, 9.17) is 47.4 Å². The molecular formula is C32H63NO12. The molecule has 0 unspecified atom stereocenters. The minimum atomic E-state index is -0.476. The van der Waals surface area contributed by atoms with Gasteiger partial charge in [-0.25, -0.2) is 4.74 Å². The van der Waals surface area contributed by atoms with Gasteiger partial charge in [0, 0.05) is 13.2 Å². The molecule has 0 saturated heterocycles. The standard InChI is InChI=1S/C32H63NO12/c1-30(2,3)45-29(34)9-13-36-17-21-40-23-25-42-26-24-41-22-19-38-15-11-32(6,7)44-28-27-43-31(4,5)10-14-37-18-20-39-16-12-33(8)35/h12H,9-11,13-28H2,1-8H3/b33-12+. The Labute approximate surface area is 271 Å². The summed E-state index contributed by atoms with van der Waals surface area (Å²) in [4.78, 5) is 11.6. The van der Waals surface area contributed by atoms with Crippen molar-refractivity contribution in [3.63, 3.8) is 0 Å². The molecule has 0 spiro atoms. The van der Waals surface area contributed by atoms with Gasteiger partial charge in [-0.3, -0.25) is 4.79 Å². The summed E-state index contributed by atoms with van der Waals surface area (Å²) in [6, 6.07) is 0. The molecule has 0 N–H and O–H groups in total. The second kappa shape index (κ2) is 26.6. The topological polar surface area (TPSA) is 135 Å². The lowest BCUT2D eigenvalue weighted by Gasteiger charge is -2.28. The lowest BCUT2D eigenvalue weighted by Crippen LogP contribution is -2.32. The minimum absolute atomic E-state index is 0.231. The number of rotatable bonds is 31. The number of carbonyl (C=O) groups excluding carboxylic acids is 1. The van der Waals surface area contributed by atoms with Gasteiger partial charge >= 0.3 is 5.97 Å². The van der Waals surface area contributed by atoms with Crippen molar-refractivity contribution in [1.82, 2.24) is 0 Å². The fourth-order valence-electron chi connectivity index (χ4n) is 3.41. The first kappa shape index (κ1) is 43.6. The van der Waals surface area contributed by atoms with Crippen LogP contribution in [0, 0.1) is 5.21 Å². The molecule has 13 heteroatoms. The number of hydrogen-bond donors (Lipinski definition) is 0. The maximum atomic E-state index is 11.6. The Bertz CT molecular complexity index is 736. The van der Waals surface area contributed by atoms with E-state index in [2.05, 4.69) is 0 Å². The Morgan fingerprint density at radius 1 is 0.556 bits per heavy atom. The van der Waals surface area contributed by atoms with Crippen LogP contribution in [0.15, 0.2) is 0 Å². The summed E-state index contributed by atoms with van der Waals surface area (Å²) in [6.45, 7) is 21.1. The monoisotopic (exact) mass is 653 g/mol.